The number of aromatic nitrogens is 2. The molecule has 0 aliphatic carbocycles. The first-order chi connectivity index (χ1) is 20.9. The number of benzene rings is 2. The lowest BCUT2D eigenvalue weighted by Gasteiger charge is -2.27. The summed E-state index contributed by atoms with van der Waals surface area (Å²) < 4.78 is 20.2. The highest BCUT2D eigenvalue weighted by atomic mass is 32.1. The molecule has 2 aromatic carbocycles. The molecule has 0 spiro atoms. The monoisotopic (exact) mass is 600 g/mol. The Balaban J connectivity index is 1.47. The van der Waals surface area contributed by atoms with Gasteiger partial charge in [-0.15, -0.1) is 0 Å². The number of hydrogen-bond donors (Lipinski definition) is 0. The van der Waals surface area contributed by atoms with Crippen LogP contribution >= 0.6 is 11.3 Å². The number of ether oxygens (including phenoxy) is 3. The van der Waals surface area contributed by atoms with E-state index in [0.29, 0.717) is 58.2 Å². The number of morpholine rings is 1. The van der Waals surface area contributed by atoms with E-state index in [0.717, 1.165) is 16.5 Å². The molecule has 0 saturated carbocycles. The molecule has 11 heteroatoms. The fourth-order valence-electron chi connectivity index (χ4n) is 5.64. The van der Waals surface area contributed by atoms with Gasteiger partial charge < -0.3 is 23.7 Å². The maximum Gasteiger partial charge on any atom is 0.338 e. The Morgan fingerprint density at radius 1 is 1.14 bits per heavy atom. The SMILES string of the molecule is CCOC(=O)C1=C(C)N=c2s/c(=C/c3cn(CC(=O)N4CCOCC4)c4ccccc34)c(=O)n2[C@H]1c1cccc(OC)c1. The van der Waals surface area contributed by atoms with E-state index in [-0.39, 0.29) is 24.6 Å². The number of amides is 1. The fraction of sp³-hybridized carbons (Fsp3) is 0.312. The molecule has 0 unspecified atom stereocenters. The molecule has 1 fully saturated rings. The van der Waals surface area contributed by atoms with E-state index in [1.165, 1.54) is 11.3 Å². The zero-order valence-corrected chi connectivity index (χ0v) is 25.1. The van der Waals surface area contributed by atoms with Crippen LogP contribution in [-0.4, -0.2) is 65.9 Å². The fourth-order valence-corrected chi connectivity index (χ4v) is 6.68. The highest BCUT2D eigenvalue weighted by molar-refractivity contribution is 7.07. The Bertz CT molecular complexity index is 1930. The van der Waals surface area contributed by atoms with Gasteiger partial charge in [0.25, 0.3) is 5.56 Å². The molecule has 4 heterocycles. The van der Waals surface area contributed by atoms with Gasteiger partial charge in [-0.25, -0.2) is 9.79 Å². The molecule has 1 amide bonds. The van der Waals surface area contributed by atoms with Crippen LogP contribution in [0.5, 0.6) is 5.75 Å². The summed E-state index contributed by atoms with van der Waals surface area (Å²) in [6, 6.07) is 14.4. The number of carbonyl (C=O) groups excluding carboxylic acids is 2. The molecular weight excluding hydrogens is 568 g/mol. The molecule has 2 aliphatic heterocycles. The topological polar surface area (TPSA) is 104 Å². The third kappa shape index (κ3) is 5.41. The van der Waals surface area contributed by atoms with Crippen molar-refractivity contribution in [2.24, 2.45) is 4.99 Å². The first-order valence-electron chi connectivity index (χ1n) is 14.2. The number of thiazole rings is 1. The first kappa shape index (κ1) is 28.6. The highest BCUT2D eigenvalue weighted by Gasteiger charge is 2.33. The van der Waals surface area contributed by atoms with Gasteiger partial charge in [0.2, 0.25) is 5.91 Å². The number of para-hydroxylation sites is 1. The Morgan fingerprint density at radius 2 is 1.93 bits per heavy atom. The van der Waals surface area contributed by atoms with Crippen LogP contribution in [0.25, 0.3) is 17.0 Å². The lowest BCUT2D eigenvalue weighted by atomic mass is 9.95. The van der Waals surface area contributed by atoms with E-state index in [1.54, 1.807) is 25.5 Å². The number of hydrogen-bond acceptors (Lipinski definition) is 8. The average Bonchev–Trinajstić information content (AvgIpc) is 3.52. The van der Waals surface area contributed by atoms with Crippen molar-refractivity contribution in [1.82, 2.24) is 14.0 Å². The molecule has 4 aromatic rings. The number of carbonyl (C=O) groups is 2. The first-order valence-corrected chi connectivity index (χ1v) is 15.0. The summed E-state index contributed by atoms with van der Waals surface area (Å²) in [5.74, 6) is 0.117. The molecule has 10 nitrogen and oxygen atoms in total. The maximum atomic E-state index is 14.1. The average molecular weight is 601 g/mol. The largest absolute Gasteiger partial charge is 0.497 e. The van der Waals surface area contributed by atoms with Gasteiger partial charge in [0.1, 0.15) is 12.3 Å². The molecule has 0 bridgehead atoms. The number of esters is 1. The van der Waals surface area contributed by atoms with Gasteiger partial charge in [0.15, 0.2) is 4.80 Å². The van der Waals surface area contributed by atoms with E-state index in [4.69, 9.17) is 14.2 Å². The van der Waals surface area contributed by atoms with Crippen LogP contribution in [0, 0.1) is 0 Å². The molecule has 2 aromatic heterocycles. The zero-order chi connectivity index (χ0) is 30.1. The Morgan fingerprint density at radius 3 is 2.70 bits per heavy atom. The van der Waals surface area contributed by atoms with Crippen LogP contribution in [-0.2, 0) is 25.6 Å². The van der Waals surface area contributed by atoms with Crippen molar-refractivity contribution >= 4 is 40.2 Å². The van der Waals surface area contributed by atoms with Crippen molar-refractivity contribution in [1.29, 1.82) is 0 Å². The number of nitrogens with zero attached hydrogens (tertiary/aromatic N) is 4. The van der Waals surface area contributed by atoms with E-state index < -0.39 is 12.0 Å². The molecule has 6 rings (SSSR count). The van der Waals surface area contributed by atoms with Gasteiger partial charge in [0.05, 0.1) is 48.8 Å². The second kappa shape index (κ2) is 12.0. The predicted molar refractivity (Wildman–Crippen MR) is 163 cm³/mol. The van der Waals surface area contributed by atoms with Crippen LogP contribution in [0.3, 0.4) is 0 Å². The van der Waals surface area contributed by atoms with Crippen LogP contribution in [0.1, 0.15) is 31.0 Å². The summed E-state index contributed by atoms with van der Waals surface area (Å²) in [6.07, 6.45) is 3.75. The number of rotatable bonds is 7. The van der Waals surface area contributed by atoms with Crippen molar-refractivity contribution in [3.63, 3.8) is 0 Å². The summed E-state index contributed by atoms with van der Waals surface area (Å²) in [7, 11) is 1.57. The Kier molecular flexibility index (Phi) is 8.00. The molecule has 43 heavy (non-hydrogen) atoms. The Hall–Kier alpha value is -4.48. The van der Waals surface area contributed by atoms with Gasteiger partial charge >= 0.3 is 5.97 Å². The molecule has 2 aliphatic rings. The minimum Gasteiger partial charge on any atom is -0.497 e. The quantitative estimate of drug-likeness (QED) is 0.302. The molecule has 0 N–H and O–H groups in total. The minimum absolute atomic E-state index is 0.0234. The molecule has 1 atom stereocenters. The van der Waals surface area contributed by atoms with Gasteiger partial charge in [-0.1, -0.05) is 41.7 Å². The smallest absolute Gasteiger partial charge is 0.338 e. The van der Waals surface area contributed by atoms with Gasteiger partial charge in [0, 0.05) is 35.8 Å². The Labute approximate surface area is 251 Å². The number of fused-ring (bicyclic) bond motifs is 2. The summed E-state index contributed by atoms with van der Waals surface area (Å²) in [4.78, 5) is 47.3. The predicted octanol–water partition coefficient (Wildman–Crippen LogP) is 2.62. The molecular formula is C32H32N4O6S. The van der Waals surface area contributed by atoms with Crippen LogP contribution < -0.4 is 19.6 Å². The number of methoxy groups -OCH3 is 1. The summed E-state index contributed by atoms with van der Waals surface area (Å²) >= 11 is 1.26. The van der Waals surface area contributed by atoms with Crippen molar-refractivity contribution in [3.8, 4) is 5.75 Å². The second-order valence-corrected chi connectivity index (χ2v) is 11.3. The third-order valence-electron chi connectivity index (χ3n) is 7.70. The summed E-state index contributed by atoms with van der Waals surface area (Å²) in [5.41, 5.74) is 2.96. The molecule has 1 saturated heterocycles. The van der Waals surface area contributed by atoms with Gasteiger partial charge in [-0.2, -0.15) is 0 Å². The van der Waals surface area contributed by atoms with Crippen molar-refractivity contribution in [3.05, 3.63) is 96.8 Å². The lowest BCUT2D eigenvalue weighted by molar-refractivity contribution is -0.139. The summed E-state index contributed by atoms with van der Waals surface area (Å²) in [6.45, 7) is 6.12. The van der Waals surface area contributed by atoms with E-state index >= 15 is 0 Å². The molecule has 0 radical (unpaired) electrons. The van der Waals surface area contributed by atoms with Gasteiger partial charge in [-0.3, -0.25) is 14.2 Å². The van der Waals surface area contributed by atoms with Crippen molar-refractivity contribution in [2.75, 3.05) is 40.0 Å². The molecule has 222 valence electrons. The van der Waals surface area contributed by atoms with E-state index in [9.17, 15) is 14.4 Å². The lowest BCUT2D eigenvalue weighted by Crippen LogP contribution is -2.42. The van der Waals surface area contributed by atoms with E-state index in [1.807, 2.05) is 70.3 Å². The maximum absolute atomic E-state index is 14.1. The van der Waals surface area contributed by atoms with Crippen molar-refractivity contribution in [2.45, 2.75) is 26.4 Å². The minimum atomic E-state index is -0.736. The van der Waals surface area contributed by atoms with Crippen LogP contribution in [0.4, 0.5) is 0 Å². The highest BCUT2D eigenvalue weighted by Crippen LogP contribution is 2.32. The summed E-state index contributed by atoms with van der Waals surface area (Å²) in [5, 5.41) is 0.927. The van der Waals surface area contributed by atoms with Crippen molar-refractivity contribution < 1.29 is 23.8 Å². The van der Waals surface area contributed by atoms with Crippen LogP contribution in [0.15, 0.2) is 75.8 Å². The normalized spacial score (nSPS) is 17.1. The third-order valence-corrected chi connectivity index (χ3v) is 8.68. The number of allylic oxidation sites excluding steroid dienone is 1. The zero-order valence-electron chi connectivity index (χ0n) is 24.2. The van der Waals surface area contributed by atoms with Gasteiger partial charge in [-0.05, 0) is 43.7 Å². The standard InChI is InChI=1S/C32H32N4O6S/c1-4-42-31(39)28-20(2)33-32-36(29(28)21-8-7-9-23(16-21)40-3)30(38)26(43-32)17-22-18-35(25-11-6-5-10-24(22)25)19-27(37)34-12-14-41-15-13-34/h5-11,16-18,29H,4,12-15,19H2,1-3H3/b26-17+/t29-/m0/s1. The van der Waals surface area contributed by atoms with E-state index in [2.05, 4.69) is 4.99 Å². The van der Waals surface area contributed by atoms with Crippen LogP contribution in [0.2, 0.25) is 0 Å². The second-order valence-electron chi connectivity index (χ2n) is 10.3.